The Labute approximate surface area is 161 Å². The van der Waals surface area contributed by atoms with Crippen molar-refractivity contribution in [2.45, 2.75) is 32.1 Å². The van der Waals surface area contributed by atoms with E-state index in [1.807, 2.05) is 12.1 Å². The van der Waals surface area contributed by atoms with E-state index in [4.69, 9.17) is 0 Å². The van der Waals surface area contributed by atoms with Gasteiger partial charge in [-0.1, -0.05) is 12.1 Å². The number of rotatable bonds is 6. The number of carbonyl (C=O) groups is 3. The average Bonchev–Trinajstić information content (AvgIpc) is 3.18. The second kappa shape index (κ2) is 8.43. The first-order valence-electron chi connectivity index (χ1n) is 8.92. The van der Waals surface area contributed by atoms with Crippen molar-refractivity contribution < 1.29 is 19.3 Å². The van der Waals surface area contributed by atoms with Crippen molar-refractivity contribution in [2.75, 3.05) is 0 Å². The Morgan fingerprint density at radius 2 is 1.57 bits per heavy atom. The minimum absolute atomic E-state index is 0.0397. The molecule has 144 valence electrons. The van der Waals surface area contributed by atoms with Crippen molar-refractivity contribution in [1.29, 1.82) is 0 Å². The summed E-state index contributed by atoms with van der Waals surface area (Å²) in [6, 6.07) is 10.6. The van der Waals surface area contributed by atoms with Crippen molar-refractivity contribution in [3.63, 3.8) is 0 Å². The summed E-state index contributed by atoms with van der Waals surface area (Å²) in [6.45, 7) is 0. The number of hydrogen-bond donors (Lipinski definition) is 2. The van der Waals surface area contributed by atoms with Crippen LogP contribution in [0.25, 0.3) is 0 Å². The predicted octanol–water partition coefficient (Wildman–Crippen LogP) is 2.51. The summed E-state index contributed by atoms with van der Waals surface area (Å²) in [5.41, 5.74) is 7.58. The van der Waals surface area contributed by atoms with Crippen LogP contribution in [-0.4, -0.2) is 22.5 Å². The number of ketones is 1. The van der Waals surface area contributed by atoms with Gasteiger partial charge in [-0.05, 0) is 48.6 Å². The highest BCUT2D eigenvalue weighted by Gasteiger charge is 2.15. The third-order valence-corrected chi connectivity index (χ3v) is 4.66. The number of aryl methyl sites for hydroxylation is 2. The number of benzene rings is 2. The van der Waals surface area contributed by atoms with Crippen LogP contribution in [0.15, 0.2) is 42.5 Å². The van der Waals surface area contributed by atoms with E-state index in [2.05, 4.69) is 10.9 Å². The fourth-order valence-electron chi connectivity index (χ4n) is 3.11. The number of nitro groups is 1. The van der Waals surface area contributed by atoms with Gasteiger partial charge in [0.15, 0.2) is 5.78 Å². The molecule has 1 aliphatic rings. The van der Waals surface area contributed by atoms with Gasteiger partial charge in [-0.2, -0.15) is 0 Å². The van der Waals surface area contributed by atoms with E-state index in [-0.39, 0.29) is 29.9 Å². The molecule has 0 radical (unpaired) electrons. The standard InChI is InChI=1S/C20H19N3O5/c24-18(16-5-4-13-2-1-3-15(13)12-16)10-11-19(25)21-22-20(26)14-6-8-17(9-7-14)23(27)28/h4-9,12H,1-3,10-11H2,(H,21,25)(H,22,26). The van der Waals surface area contributed by atoms with E-state index in [1.165, 1.54) is 35.4 Å². The second-order valence-electron chi connectivity index (χ2n) is 6.57. The third kappa shape index (κ3) is 4.59. The molecule has 0 aliphatic heterocycles. The highest BCUT2D eigenvalue weighted by atomic mass is 16.6. The van der Waals surface area contributed by atoms with Crippen LogP contribution >= 0.6 is 0 Å². The van der Waals surface area contributed by atoms with Crippen LogP contribution in [0.3, 0.4) is 0 Å². The monoisotopic (exact) mass is 381 g/mol. The molecule has 0 heterocycles. The van der Waals surface area contributed by atoms with Gasteiger partial charge in [0.2, 0.25) is 5.91 Å². The Morgan fingerprint density at radius 3 is 2.29 bits per heavy atom. The molecule has 0 aromatic heterocycles. The Balaban J connectivity index is 1.45. The number of nitrogens with zero attached hydrogens (tertiary/aromatic N) is 1. The number of fused-ring (bicyclic) bond motifs is 1. The van der Waals surface area contributed by atoms with Crippen molar-refractivity contribution in [3.05, 3.63) is 74.8 Å². The number of amides is 2. The lowest BCUT2D eigenvalue weighted by Gasteiger charge is -2.08. The largest absolute Gasteiger partial charge is 0.294 e. The quantitative estimate of drug-likeness (QED) is 0.453. The number of hydrogen-bond acceptors (Lipinski definition) is 5. The van der Waals surface area contributed by atoms with Crippen molar-refractivity contribution in [3.8, 4) is 0 Å². The number of carbonyl (C=O) groups excluding carboxylic acids is 3. The number of nitro benzene ring substituents is 1. The Bertz CT molecular complexity index is 937. The van der Waals surface area contributed by atoms with Crippen LogP contribution in [0, 0.1) is 10.1 Å². The fourth-order valence-corrected chi connectivity index (χ4v) is 3.11. The van der Waals surface area contributed by atoms with E-state index in [1.54, 1.807) is 6.07 Å². The third-order valence-electron chi connectivity index (χ3n) is 4.66. The smallest absolute Gasteiger partial charge is 0.269 e. The molecule has 28 heavy (non-hydrogen) atoms. The normalized spacial score (nSPS) is 12.1. The van der Waals surface area contributed by atoms with Crippen molar-refractivity contribution in [2.24, 2.45) is 0 Å². The molecule has 3 rings (SSSR count). The number of nitrogens with one attached hydrogen (secondary N) is 2. The molecule has 0 fully saturated rings. The minimum Gasteiger partial charge on any atom is -0.294 e. The molecule has 8 nitrogen and oxygen atoms in total. The van der Waals surface area contributed by atoms with Crippen LogP contribution in [-0.2, 0) is 17.6 Å². The maximum Gasteiger partial charge on any atom is 0.269 e. The van der Waals surface area contributed by atoms with Gasteiger partial charge in [-0.15, -0.1) is 0 Å². The van der Waals surface area contributed by atoms with E-state index >= 15 is 0 Å². The zero-order chi connectivity index (χ0) is 20.1. The Morgan fingerprint density at radius 1 is 0.893 bits per heavy atom. The van der Waals surface area contributed by atoms with Gasteiger partial charge in [0.25, 0.3) is 11.6 Å². The molecular formula is C20H19N3O5. The first kappa shape index (κ1) is 19.2. The zero-order valence-electron chi connectivity index (χ0n) is 15.1. The van der Waals surface area contributed by atoms with Crippen molar-refractivity contribution >= 4 is 23.3 Å². The molecule has 0 spiro atoms. The van der Waals surface area contributed by atoms with Crippen LogP contribution in [0.5, 0.6) is 0 Å². The van der Waals surface area contributed by atoms with Crippen LogP contribution in [0.4, 0.5) is 5.69 Å². The van der Waals surface area contributed by atoms with Gasteiger partial charge < -0.3 is 0 Å². The molecule has 0 saturated carbocycles. The molecule has 0 atom stereocenters. The van der Waals surface area contributed by atoms with Gasteiger partial charge in [0, 0.05) is 36.1 Å². The summed E-state index contributed by atoms with van der Waals surface area (Å²) in [6.07, 6.45) is 3.10. The summed E-state index contributed by atoms with van der Waals surface area (Å²) in [5.74, 6) is -1.22. The lowest BCUT2D eigenvalue weighted by molar-refractivity contribution is -0.384. The Hall–Kier alpha value is -3.55. The number of non-ortho nitro benzene ring substituents is 1. The first-order valence-corrected chi connectivity index (χ1v) is 8.92. The molecule has 2 amide bonds. The molecule has 0 unspecified atom stereocenters. The fraction of sp³-hybridized carbons (Fsp3) is 0.250. The molecule has 0 bridgehead atoms. The number of hydrazine groups is 1. The lowest BCUT2D eigenvalue weighted by Crippen LogP contribution is -2.41. The molecule has 1 aliphatic carbocycles. The predicted molar refractivity (Wildman–Crippen MR) is 101 cm³/mol. The van der Waals surface area contributed by atoms with Crippen LogP contribution < -0.4 is 10.9 Å². The van der Waals surface area contributed by atoms with Crippen molar-refractivity contribution in [1.82, 2.24) is 10.9 Å². The molecule has 2 aromatic carbocycles. The highest BCUT2D eigenvalue weighted by Crippen LogP contribution is 2.23. The van der Waals surface area contributed by atoms with Gasteiger partial charge in [-0.25, -0.2) is 0 Å². The summed E-state index contributed by atoms with van der Waals surface area (Å²) in [7, 11) is 0. The second-order valence-corrected chi connectivity index (χ2v) is 6.57. The maximum atomic E-state index is 12.3. The molecule has 2 N–H and O–H groups in total. The van der Waals surface area contributed by atoms with E-state index < -0.39 is 16.7 Å². The van der Waals surface area contributed by atoms with E-state index in [0.717, 1.165) is 19.3 Å². The minimum atomic E-state index is -0.604. The highest BCUT2D eigenvalue weighted by molar-refractivity contribution is 5.99. The summed E-state index contributed by atoms with van der Waals surface area (Å²) >= 11 is 0. The first-order chi connectivity index (χ1) is 13.4. The average molecular weight is 381 g/mol. The molecular weight excluding hydrogens is 362 g/mol. The zero-order valence-corrected chi connectivity index (χ0v) is 15.1. The molecule has 8 heteroatoms. The summed E-state index contributed by atoms with van der Waals surface area (Å²) in [4.78, 5) is 46.1. The van der Waals surface area contributed by atoms with Gasteiger partial charge in [-0.3, -0.25) is 35.3 Å². The lowest BCUT2D eigenvalue weighted by atomic mass is 10.0. The topological polar surface area (TPSA) is 118 Å². The molecule has 2 aromatic rings. The summed E-state index contributed by atoms with van der Waals surface area (Å²) < 4.78 is 0. The van der Waals surface area contributed by atoms with Gasteiger partial charge >= 0.3 is 0 Å². The van der Waals surface area contributed by atoms with Crippen LogP contribution in [0.2, 0.25) is 0 Å². The van der Waals surface area contributed by atoms with E-state index in [0.29, 0.717) is 5.56 Å². The van der Waals surface area contributed by atoms with Crippen LogP contribution in [0.1, 0.15) is 51.1 Å². The SMILES string of the molecule is O=C(CCC(=O)c1ccc2c(c1)CCC2)NNC(=O)c1ccc([N+](=O)[O-])cc1. The number of Topliss-reactive ketones (excluding diaryl/α,β-unsaturated/α-hetero) is 1. The van der Waals surface area contributed by atoms with Gasteiger partial charge in [0.1, 0.15) is 0 Å². The molecule has 0 saturated heterocycles. The maximum absolute atomic E-state index is 12.3. The van der Waals surface area contributed by atoms with E-state index in [9.17, 15) is 24.5 Å². The summed E-state index contributed by atoms with van der Waals surface area (Å²) in [5, 5.41) is 10.6. The van der Waals surface area contributed by atoms with Gasteiger partial charge in [0.05, 0.1) is 4.92 Å². The Kier molecular flexibility index (Phi) is 5.78.